The molecule has 9 rings (SSSR count). The van der Waals surface area contributed by atoms with Gasteiger partial charge in [-0.3, -0.25) is 14.4 Å². The van der Waals surface area contributed by atoms with Crippen molar-refractivity contribution in [2.45, 2.75) is 63.5 Å². The van der Waals surface area contributed by atoms with Gasteiger partial charge in [0, 0.05) is 110 Å². The molecule has 20 nitrogen and oxygen atoms in total. The Morgan fingerprint density at radius 3 is 2.18 bits per heavy atom. The fourth-order valence-corrected chi connectivity index (χ4v) is 12.9. The zero-order valence-corrected chi connectivity index (χ0v) is 55.6. The van der Waals surface area contributed by atoms with Crippen LogP contribution in [0.2, 0.25) is 15.1 Å². The lowest BCUT2D eigenvalue weighted by molar-refractivity contribution is -0.130. The van der Waals surface area contributed by atoms with Crippen molar-refractivity contribution >= 4 is 91.9 Å². The molecule has 0 bridgehead atoms. The minimum Gasteiger partial charge on any atom is -0.508 e. The summed E-state index contributed by atoms with van der Waals surface area (Å²) in [5.41, 5.74) is 4.37. The Morgan fingerprint density at radius 1 is 0.811 bits per heavy atom. The number of nitrogens with zero attached hydrogens (tertiary/aromatic N) is 6. The number of methoxy groups -OCH3 is 1. The number of benzene rings is 6. The SMILES string of the molecule is COc1cc(C(=O)NCCOCCOCCOCCOCCN(C)C(=O)CCNc2nc(N3CCN(C(N)=O)CC3)c3cc(Cl)c(-c4cc(O)cc5ccccc45)c(F)c3n2)ccc1CC(=O)[C@@H]1N[C@@H](CC(C)(C)C)[C@](C#N)(c2ccc(Cl)cc2F)[C@H]1c1cccc(Cl)c1F. The van der Waals surface area contributed by atoms with E-state index >= 15 is 13.2 Å². The summed E-state index contributed by atoms with van der Waals surface area (Å²) in [5, 5.41) is 32.8. The number of anilines is 2. The number of hydrogen-bond acceptors (Lipinski definition) is 16. The number of rotatable bonds is 29. The first-order valence-electron chi connectivity index (χ1n) is 31.1. The van der Waals surface area contributed by atoms with E-state index in [4.69, 9.17) is 69.2 Å². The molecule has 3 heterocycles. The lowest BCUT2D eigenvalue weighted by Gasteiger charge is -2.37. The number of amides is 4. The molecule has 2 aliphatic rings. The number of fused-ring (bicyclic) bond motifs is 2. The molecule has 95 heavy (non-hydrogen) atoms. The standard InChI is InChI=1S/C69H76Cl3F3N10O10/c1-68(2,3)39-56-69(40-76,50-16-15-44(70)36-53(50)73)59(47-11-8-12-51(71)60(47)74)63(80-56)54(87)34-42-13-14-43(35-55(42)91-5)65(89)78-19-25-92-27-29-94-31-32-95-30-28-93-26-24-83(4)57(88)17-18-79-67-81-62-49(64(82-67)84-20-22-85(23-21-84)66(77)90)38-52(72)58(61(62)75)48-37-45(86)33-41-9-6-7-10-46(41)48/h6-16,33,35-38,56,59,63,80,86H,17-32,34,39H2,1-5H3,(H2,77,90)(H,78,89)(H,79,81,82)/t56-,59-,63-,69-/m0/s1. The number of nitrogens with two attached hydrogens (primary N) is 1. The van der Waals surface area contributed by atoms with Gasteiger partial charge < -0.3 is 65.2 Å². The van der Waals surface area contributed by atoms with E-state index in [-0.39, 0.29) is 125 Å². The summed E-state index contributed by atoms with van der Waals surface area (Å²) in [4.78, 5) is 67.3. The first-order chi connectivity index (χ1) is 45.5. The number of carbonyl (C=O) groups excluding carboxylic acids is 4. The molecule has 4 atom stereocenters. The number of phenolic OH excluding ortho intramolecular Hbond substituents is 1. The first kappa shape index (κ1) is 71.2. The molecule has 6 aromatic carbocycles. The van der Waals surface area contributed by atoms with Crippen LogP contribution in [0.4, 0.5) is 29.7 Å². The van der Waals surface area contributed by atoms with Crippen LogP contribution in [0.25, 0.3) is 32.8 Å². The molecule has 1 aromatic heterocycles. The van der Waals surface area contributed by atoms with E-state index in [1.165, 1.54) is 59.4 Å². The average Bonchev–Trinajstić information content (AvgIpc) is 1.17. The summed E-state index contributed by atoms with van der Waals surface area (Å²) in [5.74, 6) is -3.94. The number of likely N-dealkylation sites (N-methyl/N-ethyl adjacent to an activating group) is 1. The summed E-state index contributed by atoms with van der Waals surface area (Å²) >= 11 is 19.4. The predicted molar refractivity (Wildman–Crippen MR) is 358 cm³/mol. The van der Waals surface area contributed by atoms with Crippen molar-refractivity contribution in [2.75, 3.05) is 123 Å². The highest BCUT2D eigenvalue weighted by molar-refractivity contribution is 6.35. The molecule has 504 valence electrons. The maximum atomic E-state index is 17.0. The Kier molecular flexibility index (Phi) is 24.1. The molecule has 0 aliphatic carbocycles. The number of nitriles is 1. The van der Waals surface area contributed by atoms with Gasteiger partial charge in [-0.2, -0.15) is 10.2 Å². The molecule has 0 unspecified atom stereocenters. The molecule has 2 saturated heterocycles. The molecule has 4 amide bonds. The average molecular weight is 1370 g/mol. The minimum atomic E-state index is -1.80. The second-order valence-electron chi connectivity index (χ2n) is 24.4. The number of phenols is 1. The third-order valence-electron chi connectivity index (χ3n) is 16.8. The van der Waals surface area contributed by atoms with Crippen molar-refractivity contribution in [3.8, 4) is 28.7 Å². The van der Waals surface area contributed by atoms with Gasteiger partial charge in [0.25, 0.3) is 5.91 Å². The number of carbonyl (C=O) groups is 4. The van der Waals surface area contributed by atoms with E-state index in [2.05, 4.69) is 27.0 Å². The van der Waals surface area contributed by atoms with Gasteiger partial charge in [0.1, 0.15) is 39.9 Å². The Balaban J connectivity index is 0.671. The van der Waals surface area contributed by atoms with Crippen molar-refractivity contribution in [3.05, 3.63) is 152 Å². The van der Waals surface area contributed by atoms with Gasteiger partial charge in [0.15, 0.2) is 11.6 Å². The lowest BCUT2D eigenvalue weighted by atomic mass is 9.62. The van der Waals surface area contributed by atoms with Crippen LogP contribution in [0.3, 0.4) is 0 Å². The monoisotopic (exact) mass is 1370 g/mol. The number of aromatic nitrogens is 2. The zero-order chi connectivity index (χ0) is 68.1. The van der Waals surface area contributed by atoms with E-state index in [1.54, 1.807) is 31.3 Å². The van der Waals surface area contributed by atoms with Gasteiger partial charge in [-0.05, 0) is 82.3 Å². The number of piperazine rings is 1. The molecule has 6 N–H and O–H groups in total. The molecular formula is C69H76Cl3F3N10O10. The summed E-state index contributed by atoms with van der Waals surface area (Å²) in [6, 6.07) is 24.7. The van der Waals surface area contributed by atoms with Crippen LogP contribution in [-0.4, -0.2) is 173 Å². The molecule has 0 saturated carbocycles. The van der Waals surface area contributed by atoms with E-state index in [0.29, 0.717) is 92.1 Å². The first-order valence-corrected chi connectivity index (χ1v) is 32.2. The highest BCUT2D eigenvalue weighted by atomic mass is 35.5. The zero-order valence-electron chi connectivity index (χ0n) is 53.3. The molecule has 0 spiro atoms. The Hall–Kier alpha value is -8.05. The van der Waals surface area contributed by atoms with Crippen molar-refractivity contribution < 1.29 is 61.1 Å². The highest BCUT2D eigenvalue weighted by Crippen LogP contribution is 2.53. The number of ketones is 1. The topological polar surface area (TPSA) is 256 Å². The molecule has 26 heteroatoms. The van der Waals surface area contributed by atoms with Gasteiger partial charge in [-0.25, -0.2) is 22.9 Å². The van der Waals surface area contributed by atoms with E-state index in [9.17, 15) is 29.5 Å². The quantitative estimate of drug-likeness (QED) is 0.0273. The van der Waals surface area contributed by atoms with Gasteiger partial charge in [0.05, 0.1) is 82.1 Å². The minimum absolute atomic E-state index is 0.0221. The second-order valence-corrected chi connectivity index (χ2v) is 25.6. The maximum Gasteiger partial charge on any atom is 0.314 e. The highest BCUT2D eigenvalue weighted by Gasteiger charge is 2.61. The van der Waals surface area contributed by atoms with Crippen LogP contribution < -0.4 is 31.3 Å². The summed E-state index contributed by atoms with van der Waals surface area (Å²) < 4.78 is 77.6. The molecule has 0 radical (unpaired) electrons. The van der Waals surface area contributed by atoms with Gasteiger partial charge in [-0.15, -0.1) is 0 Å². The third-order valence-corrected chi connectivity index (χ3v) is 17.7. The molecule has 2 aliphatic heterocycles. The van der Waals surface area contributed by atoms with E-state index in [0.717, 1.165) is 6.07 Å². The van der Waals surface area contributed by atoms with Crippen LogP contribution >= 0.6 is 34.8 Å². The van der Waals surface area contributed by atoms with Crippen LogP contribution in [-0.2, 0) is 40.4 Å². The van der Waals surface area contributed by atoms with E-state index < -0.39 is 64.0 Å². The maximum absolute atomic E-state index is 17.0. The number of nitrogens with one attached hydrogen (secondary N) is 3. The largest absolute Gasteiger partial charge is 0.508 e. The number of aromatic hydroxyl groups is 1. The molecule has 7 aromatic rings. The van der Waals surface area contributed by atoms with Crippen LogP contribution in [0, 0.1) is 34.2 Å². The van der Waals surface area contributed by atoms with Gasteiger partial charge >= 0.3 is 6.03 Å². The number of halogens is 6. The van der Waals surface area contributed by atoms with Crippen LogP contribution in [0.5, 0.6) is 11.5 Å². The van der Waals surface area contributed by atoms with Gasteiger partial charge in [0.2, 0.25) is 11.9 Å². The lowest BCUT2D eigenvalue weighted by Crippen LogP contribution is -2.50. The molecule has 2 fully saturated rings. The van der Waals surface area contributed by atoms with Crippen molar-refractivity contribution in [3.63, 3.8) is 0 Å². The molecular weight excluding hydrogens is 1290 g/mol. The Labute approximate surface area is 564 Å². The van der Waals surface area contributed by atoms with Gasteiger partial charge in [-0.1, -0.05) is 104 Å². The fourth-order valence-electron chi connectivity index (χ4n) is 12.2. The van der Waals surface area contributed by atoms with Crippen molar-refractivity contribution in [1.29, 1.82) is 5.26 Å². The smallest absolute Gasteiger partial charge is 0.314 e. The van der Waals surface area contributed by atoms with Crippen LogP contribution in [0.1, 0.15) is 66.6 Å². The second kappa shape index (κ2) is 32.1. The summed E-state index contributed by atoms with van der Waals surface area (Å²) in [6.07, 6.45) is 0.120. The predicted octanol–water partition coefficient (Wildman–Crippen LogP) is 10.6. The van der Waals surface area contributed by atoms with E-state index in [1.807, 2.05) is 49.9 Å². The summed E-state index contributed by atoms with van der Waals surface area (Å²) in [7, 11) is 3.07. The number of hydrogen-bond donors (Lipinski definition) is 5. The normalized spacial score (nSPS) is 17.3. The Bertz CT molecular complexity index is 3990. The fraction of sp³-hybridized carbons (Fsp3) is 0.406. The third kappa shape index (κ3) is 17.0. The van der Waals surface area contributed by atoms with Crippen molar-refractivity contribution in [1.82, 2.24) is 30.4 Å². The number of urea groups is 1. The van der Waals surface area contributed by atoms with Crippen molar-refractivity contribution in [2.24, 2.45) is 11.1 Å². The summed E-state index contributed by atoms with van der Waals surface area (Å²) in [6.45, 7) is 10.0. The Morgan fingerprint density at radius 2 is 1.51 bits per heavy atom. The number of Topliss-reactive ketones (excluding diaryl/α,β-unsaturated/α-hetero) is 1. The van der Waals surface area contributed by atoms with Crippen LogP contribution in [0.15, 0.2) is 97.1 Å². The number of primary amides is 1. The number of ether oxygens (including phenoxy) is 5.